The molecule has 0 aliphatic carbocycles. The topological polar surface area (TPSA) is 154 Å². The third kappa shape index (κ3) is 5.41. The molecular formula is C30H25N3O7. The predicted molar refractivity (Wildman–Crippen MR) is 149 cm³/mol. The van der Waals surface area contributed by atoms with E-state index in [4.69, 9.17) is 19.3 Å². The van der Waals surface area contributed by atoms with E-state index in [1.807, 2.05) is 36.4 Å². The first-order chi connectivity index (χ1) is 19.2. The second-order valence-corrected chi connectivity index (χ2v) is 9.16. The lowest BCUT2D eigenvalue weighted by atomic mass is 10.0. The number of nitrogens with one attached hydrogen (secondary N) is 2. The molecule has 0 aliphatic rings. The second-order valence-electron chi connectivity index (χ2n) is 9.16. The Morgan fingerprint density at radius 2 is 1.62 bits per heavy atom. The fourth-order valence-corrected chi connectivity index (χ4v) is 4.44. The van der Waals surface area contributed by atoms with Gasteiger partial charge in [0.1, 0.15) is 28.2 Å². The van der Waals surface area contributed by atoms with Crippen LogP contribution in [0.4, 0.5) is 5.69 Å². The largest absolute Gasteiger partial charge is 0.497 e. The molecule has 5 rings (SSSR count). The van der Waals surface area contributed by atoms with Crippen LogP contribution in [0.15, 0.2) is 80.4 Å². The van der Waals surface area contributed by atoms with Crippen LogP contribution in [0, 0.1) is 6.92 Å². The lowest BCUT2D eigenvalue weighted by Gasteiger charge is -2.08. The van der Waals surface area contributed by atoms with Crippen molar-refractivity contribution in [3.05, 3.63) is 94.0 Å². The van der Waals surface area contributed by atoms with Crippen LogP contribution in [0.1, 0.15) is 21.7 Å². The fourth-order valence-electron chi connectivity index (χ4n) is 4.44. The molecule has 0 unspecified atom stereocenters. The number of nitrogens with two attached hydrogens (primary N) is 1. The highest BCUT2D eigenvalue weighted by Gasteiger charge is 2.23. The summed E-state index contributed by atoms with van der Waals surface area (Å²) < 4.78 is 16.7. The summed E-state index contributed by atoms with van der Waals surface area (Å²) in [5, 5.41) is 7.24. The highest BCUT2D eigenvalue weighted by Crippen LogP contribution is 2.35. The minimum Gasteiger partial charge on any atom is -0.497 e. The Balaban J connectivity index is 1.39. The molecule has 3 aromatic carbocycles. The molecule has 0 bridgehead atoms. The fraction of sp³-hybridized carbons (Fsp3) is 0.133. The Kier molecular flexibility index (Phi) is 7.07. The first kappa shape index (κ1) is 26.2. The number of hydrogen-bond acceptors (Lipinski definition) is 7. The van der Waals surface area contributed by atoms with Gasteiger partial charge >= 0.3 is 5.63 Å². The van der Waals surface area contributed by atoms with Crippen molar-refractivity contribution in [1.29, 1.82) is 0 Å². The summed E-state index contributed by atoms with van der Waals surface area (Å²) in [5.41, 5.74) is 6.69. The lowest BCUT2D eigenvalue weighted by molar-refractivity contribution is -0.123. The Morgan fingerprint density at radius 1 is 0.900 bits per heavy atom. The van der Waals surface area contributed by atoms with E-state index in [0.717, 1.165) is 16.5 Å². The average Bonchev–Trinajstić information content (AvgIpc) is 3.29. The van der Waals surface area contributed by atoms with Gasteiger partial charge in [-0.2, -0.15) is 0 Å². The number of primary amides is 1. The molecule has 10 heteroatoms. The summed E-state index contributed by atoms with van der Waals surface area (Å²) in [7, 11) is 1.60. The zero-order valence-electron chi connectivity index (χ0n) is 21.7. The first-order valence-electron chi connectivity index (χ1n) is 12.3. The molecule has 0 aliphatic heterocycles. The van der Waals surface area contributed by atoms with Gasteiger partial charge in [0, 0.05) is 28.4 Å². The Bertz CT molecular complexity index is 1830. The van der Waals surface area contributed by atoms with Gasteiger partial charge in [0.05, 0.1) is 20.1 Å². The summed E-state index contributed by atoms with van der Waals surface area (Å²) in [6, 6.07) is 18.9. The molecule has 4 N–H and O–H groups in total. The number of fused-ring (bicyclic) bond motifs is 2. The molecule has 5 aromatic rings. The third-order valence-electron chi connectivity index (χ3n) is 6.37. The van der Waals surface area contributed by atoms with Crippen LogP contribution in [0.5, 0.6) is 5.75 Å². The van der Waals surface area contributed by atoms with E-state index in [0.29, 0.717) is 39.5 Å². The molecular weight excluding hydrogens is 514 g/mol. The van der Waals surface area contributed by atoms with Crippen molar-refractivity contribution in [3.8, 4) is 17.1 Å². The van der Waals surface area contributed by atoms with Crippen LogP contribution in [0.2, 0.25) is 0 Å². The smallest absolute Gasteiger partial charge is 0.347 e. The quantitative estimate of drug-likeness (QED) is 0.270. The highest BCUT2D eigenvalue weighted by atomic mass is 16.5. The van der Waals surface area contributed by atoms with E-state index < -0.39 is 23.3 Å². The maximum atomic E-state index is 12.9. The van der Waals surface area contributed by atoms with Crippen LogP contribution in [0.3, 0.4) is 0 Å². The van der Waals surface area contributed by atoms with E-state index in [1.54, 1.807) is 20.1 Å². The number of aryl methyl sites for hydroxylation is 1. The van der Waals surface area contributed by atoms with Gasteiger partial charge in [-0.05, 0) is 60.2 Å². The average molecular weight is 540 g/mol. The van der Waals surface area contributed by atoms with Crippen LogP contribution >= 0.6 is 0 Å². The molecule has 2 aromatic heterocycles. The van der Waals surface area contributed by atoms with E-state index in [9.17, 15) is 19.2 Å². The van der Waals surface area contributed by atoms with Crippen molar-refractivity contribution < 1.29 is 28.0 Å². The van der Waals surface area contributed by atoms with Gasteiger partial charge in [-0.3, -0.25) is 14.4 Å². The van der Waals surface area contributed by atoms with Crippen molar-refractivity contribution in [2.75, 3.05) is 19.0 Å². The van der Waals surface area contributed by atoms with Gasteiger partial charge in [0.2, 0.25) is 17.7 Å². The molecule has 3 amide bonds. The minimum absolute atomic E-state index is 0.171. The summed E-state index contributed by atoms with van der Waals surface area (Å²) >= 11 is 0. The maximum absolute atomic E-state index is 12.9. The van der Waals surface area contributed by atoms with E-state index in [1.165, 1.54) is 24.3 Å². The van der Waals surface area contributed by atoms with E-state index in [-0.39, 0.29) is 18.4 Å². The molecule has 202 valence electrons. The van der Waals surface area contributed by atoms with Crippen molar-refractivity contribution in [1.82, 2.24) is 5.32 Å². The van der Waals surface area contributed by atoms with Crippen LogP contribution < -0.4 is 26.7 Å². The number of carbonyl (C=O) groups excluding carboxylic acids is 3. The van der Waals surface area contributed by atoms with Gasteiger partial charge < -0.3 is 29.9 Å². The first-order valence-corrected chi connectivity index (χ1v) is 12.3. The van der Waals surface area contributed by atoms with Crippen LogP contribution in [-0.2, 0) is 16.0 Å². The number of rotatable bonds is 8. The molecule has 2 heterocycles. The molecule has 0 fully saturated rings. The Hall–Kier alpha value is -5.38. The van der Waals surface area contributed by atoms with Gasteiger partial charge in [-0.25, -0.2) is 4.79 Å². The SMILES string of the molecule is COc1ccc2cc(-c3oc4cc(C)oc(=O)c4c3CC(=O)NCC(=O)Nc3ccc(C(N)=O)cc3)ccc2c1. The monoisotopic (exact) mass is 539 g/mol. The molecule has 0 saturated carbocycles. The summed E-state index contributed by atoms with van der Waals surface area (Å²) in [4.78, 5) is 49.3. The molecule has 40 heavy (non-hydrogen) atoms. The zero-order chi connectivity index (χ0) is 28.4. The number of furan rings is 1. The van der Waals surface area contributed by atoms with Gasteiger partial charge in [0.25, 0.3) is 0 Å². The summed E-state index contributed by atoms with van der Waals surface area (Å²) in [6.07, 6.45) is -0.225. The minimum atomic E-state index is -0.615. The summed E-state index contributed by atoms with van der Waals surface area (Å²) in [6.45, 7) is 1.33. The zero-order valence-corrected chi connectivity index (χ0v) is 21.7. The number of hydrogen-bond donors (Lipinski definition) is 3. The Morgan fingerprint density at radius 3 is 2.35 bits per heavy atom. The van der Waals surface area contributed by atoms with E-state index >= 15 is 0 Å². The van der Waals surface area contributed by atoms with Gasteiger partial charge in [0.15, 0.2) is 0 Å². The van der Waals surface area contributed by atoms with Crippen LogP contribution in [0.25, 0.3) is 33.1 Å². The molecule has 0 saturated heterocycles. The second kappa shape index (κ2) is 10.8. The van der Waals surface area contributed by atoms with E-state index in [2.05, 4.69) is 10.6 Å². The van der Waals surface area contributed by atoms with Crippen LogP contribution in [-0.4, -0.2) is 31.4 Å². The lowest BCUT2D eigenvalue weighted by Crippen LogP contribution is -2.34. The number of benzene rings is 3. The highest BCUT2D eigenvalue weighted by molar-refractivity contribution is 5.98. The number of amides is 3. The molecule has 0 spiro atoms. The number of methoxy groups -OCH3 is 1. The number of ether oxygens (including phenoxy) is 1. The number of carbonyl (C=O) groups is 3. The van der Waals surface area contributed by atoms with Crippen molar-refractivity contribution >= 4 is 45.2 Å². The molecule has 0 radical (unpaired) electrons. The Labute approximate surface area is 227 Å². The van der Waals surface area contributed by atoms with Gasteiger partial charge in [-0.15, -0.1) is 0 Å². The van der Waals surface area contributed by atoms with Gasteiger partial charge in [-0.1, -0.05) is 18.2 Å². The standard InChI is InChI=1S/C30H25N3O7/c1-16-11-24-27(30(37)39-16)23(28(40-24)20-4-3-19-13-22(38-2)10-7-18(19)12-20)14-25(34)32-15-26(35)33-21-8-5-17(6-9-21)29(31)36/h3-13H,14-15H2,1-2H3,(H2,31,36)(H,32,34)(H,33,35). The third-order valence-corrected chi connectivity index (χ3v) is 6.37. The van der Waals surface area contributed by atoms with Crippen molar-refractivity contribution in [2.24, 2.45) is 5.73 Å². The summed E-state index contributed by atoms with van der Waals surface area (Å²) in [5.74, 6) is -0.0866. The predicted octanol–water partition coefficient (Wildman–Crippen LogP) is 3.92. The molecule has 0 atom stereocenters. The molecule has 10 nitrogen and oxygen atoms in total. The maximum Gasteiger partial charge on any atom is 0.347 e. The normalized spacial score (nSPS) is 10.9. The van der Waals surface area contributed by atoms with Crippen molar-refractivity contribution in [2.45, 2.75) is 13.3 Å². The number of anilines is 1. The van der Waals surface area contributed by atoms with Crippen molar-refractivity contribution in [3.63, 3.8) is 0 Å².